The van der Waals surface area contributed by atoms with Crippen LogP contribution >= 0.6 is 11.3 Å². The summed E-state index contributed by atoms with van der Waals surface area (Å²) in [6, 6.07) is 2.09. The lowest BCUT2D eigenvalue weighted by Gasteiger charge is -2.26. The van der Waals surface area contributed by atoms with Crippen LogP contribution in [0, 0.1) is 0 Å². The molecule has 0 unspecified atom stereocenters. The minimum Gasteiger partial charge on any atom is -0.337 e. The maximum Gasteiger partial charge on any atom is 0.236 e. The second kappa shape index (κ2) is 3.47. The van der Waals surface area contributed by atoms with E-state index in [9.17, 15) is 4.79 Å². The molecule has 4 heteroatoms. The molecule has 0 aliphatic carbocycles. The van der Waals surface area contributed by atoms with Crippen molar-refractivity contribution in [3.63, 3.8) is 0 Å². The van der Waals surface area contributed by atoms with Gasteiger partial charge in [-0.05, 0) is 23.4 Å². The Hall–Kier alpha value is -0.870. The number of rotatable bonds is 1. The SMILES string of the molecule is NCC(=O)N1CCc2sccc2C1. The lowest BCUT2D eigenvalue weighted by molar-refractivity contribution is -0.130. The van der Waals surface area contributed by atoms with Crippen molar-refractivity contribution in [1.82, 2.24) is 4.90 Å². The van der Waals surface area contributed by atoms with Gasteiger partial charge in [-0.2, -0.15) is 0 Å². The van der Waals surface area contributed by atoms with Crippen molar-refractivity contribution in [2.45, 2.75) is 13.0 Å². The molecular weight excluding hydrogens is 184 g/mol. The molecule has 1 aromatic rings. The van der Waals surface area contributed by atoms with Crippen LogP contribution in [-0.4, -0.2) is 23.9 Å². The van der Waals surface area contributed by atoms with Gasteiger partial charge in [0, 0.05) is 18.0 Å². The Morgan fingerprint density at radius 2 is 2.54 bits per heavy atom. The number of hydrogen-bond acceptors (Lipinski definition) is 3. The molecule has 70 valence electrons. The summed E-state index contributed by atoms with van der Waals surface area (Å²) in [5.74, 6) is 0.0526. The highest BCUT2D eigenvalue weighted by Crippen LogP contribution is 2.23. The number of amides is 1. The van der Waals surface area contributed by atoms with Crippen molar-refractivity contribution in [2.75, 3.05) is 13.1 Å². The minimum absolute atomic E-state index is 0.0526. The van der Waals surface area contributed by atoms with Crippen molar-refractivity contribution in [1.29, 1.82) is 0 Å². The average Bonchev–Trinajstić information content (AvgIpc) is 2.63. The second-order valence-corrected chi connectivity index (χ2v) is 4.14. The normalized spacial score (nSPS) is 15.6. The second-order valence-electron chi connectivity index (χ2n) is 3.14. The standard InChI is InChI=1S/C9H12N2OS/c10-5-9(12)11-3-1-8-7(6-11)2-4-13-8/h2,4H,1,3,5-6,10H2. The van der Waals surface area contributed by atoms with Crippen LogP contribution in [0.4, 0.5) is 0 Å². The highest BCUT2D eigenvalue weighted by atomic mass is 32.1. The van der Waals surface area contributed by atoms with Gasteiger partial charge in [0.05, 0.1) is 6.54 Å². The molecule has 0 bridgehead atoms. The molecule has 2 N–H and O–H groups in total. The molecule has 0 radical (unpaired) electrons. The molecule has 2 rings (SSSR count). The number of carbonyl (C=O) groups excluding carboxylic acids is 1. The Bertz CT molecular complexity index is 321. The third kappa shape index (κ3) is 1.59. The maximum atomic E-state index is 11.3. The first-order valence-electron chi connectivity index (χ1n) is 4.34. The zero-order valence-electron chi connectivity index (χ0n) is 7.32. The lowest BCUT2D eigenvalue weighted by Crippen LogP contribution is -2.39. The average molecular weight is 196 g/mol. The van der Waals surface area contributed by atoms with Crippen LogP contribution in [-0.2, 0) is 17.8 Å². The molecule has 13 heavy (non-hydrogen) atoms. The van der Waals surface area contributed by atoms with Crippen LogP contribution < -0.4 is 5.73 Å². The van der Waals surface area contributed by atoms with Crippen molar-refractivity contribution in [3.05, 3.63) is 21.9 Å². The molecule has 1 aliphatic rings. The van der Waals surface area contributed by atoms with Crippen LogP contribution in [0.3, 0.4) is 0 Å². The number of hydrogen-bond donors (Lipinski definition) is 1. The molecule has 0 spiro atoms. The van der Waals surface area contributed by atoms with Crippen molar-refractivity contribution in [2.24, 2.45) is 5.73 Å². The van der Waals surface area contributed by atoms with Crippen LogP contribution in [0.1, 0.15) is 10.4 Å². The van der Waals surface area contributed by atoms with Gasteiger partial charge in [-0.15, -0.1) is 11.3 Å². The molecule has 3 nitrogen and oxygen atoms in total. The number of carbonyl (C=O) groups is 1. The van der Waals surface area contributed by atoms with Crippen molar-refractivity contribution >= 4 is 17.2 Å². The monoisotopic (exact) mass is 196 g/mol. The number of fused-ring (bicyclic) bond motifs is 1. The summed E-state index contributed by atoms with van der Waals surface area (Å²) in [5, 5.41) is 2.08. The minimum atomic E-state index is 0.0526. The molecule has 1 aliphatic heterocycles. The van der Waals surface area contributed by atoms with Gasteiger partial charge in [0.1, 0.15) is 0 Å². The Kier molecular flexibility index (Phi) is 2.33. The first-order valence-corrected chi connectivity index (χ1v) is 5.22. The lowest BCUT2D eigenvalue weighted by atomic mass is 10.1. The molecule has 0 aromatic carbocycles. The van der Waals surface area contributed by atoms with E-state index in [0.717, 1.165) is 19.5 Å². The summed E-state index contributed by atoms with van der Waals surface area (Å²) in [4.78, 5) is 14.5. The first-order chi connectivity index (χ1) is 6.31. The molecule has 0 saturated carbocycles. The van der Waals surface area contributed by atoms with E-state index in [4.69, 9.17) is 5.73 Å². The van der Waals surface area contributed by atoms with Crippen molar-refractivity contribution in [3.8, 4) is 0 Å². The van der Waals surface area contributed by atoms with Gasteiger partial charge in [-0.3, -0.25) is 4.79 Å². The quantitative estimate of drug-likeness (QED) is 0.714. The molecule has 1 aromatic heterocycles. The number of thiophene rings is 1. The van der Waals surface area contributed by atoms with Crippen LogP contribution in [0.2, 0.25) is 0 Å². The highest BCUT2D eigenvalue weighted by molar-refractivity contribution is 7.10. The third-order valence-electron chi connectivity index (χ3n) is 2.33. The van der Waals surface area contributed by atoms with Gasteiger partial charge in [0.2, 0.25) is 5.91 Å². The molecule has 0 fully saturated rings. The molecule has 0 atom stereocenters. The van der Waals surface area contributed by atoms with Crippen molar-refractivity contribution < 1.29 is 4.79 Å². The van der Waals surface area contributed by atoms with E-state index < -0.39 is 0 Å². The summed E-state index contributed by atoms with van der Waals surface area (Å²) in [5.41, 5.74) is 6.60. The fraction of sp³-hybridized carbons (Fsp3) is 0.444. The van der Waals surface area contributed by atoms with Gasteiger partial charge < -0.3 is 10.6 Å². The van der Waals surface area contributed by atoms with E-state index in [-0.39, 0.29) is 12.5 Å². The fourth-order valence-electron chi connectivity index (χ4n) is 1.59. The van der Waals surface area contributed by atoms with E-state index in [1.54, 1.807) is 11.3 Å². The van der Waals surface area contributed by atoms with E-state index >= 15 is 0 Å². The smallest absolute Gasteiger partial charge is 0.236 e. The fourth-order valence-corrected chi connectivity index (χ4v) is 2.48. The van der Waals surface area contributed by atoms with Gasteiger partial charge in [0.25, 0.3) is 0 Å². The van der Waals surface area contributed by atoms with Gasteiger partial charge in [-0.1, -0.05) is 0 Å². The Balaban J connectivity index is 2.13. The zero-order valence-corrected chi connectivity index (χ0v) is 8.14. The Morgan fingerprint density at radius 3 is 3.31 bits per heavy atom. The van der Waals surface area contributed by atoms with Crippen LogP contribution in [0.25, 0.3) is 0 Å². The van der Waals surface area contributed by atoms with Gasteiger partial charge in [0.15, 0.2) is 0 Å². The third-order valence-corrected chi connectivity index (χ3v) is 3.36. The van der Waals surface area contributed by atoms with E-state index in [1.807, 2.05) is 4.90 Å². The van der Waals surface area contributed by atoms with Gasteiger partial charge in [-0.25, -0.2) is 0 Å². The topological polar surface area (TPSA) is 46.3 Å². The summed E-state index contributed by atoms with van der Waals surface area (Å²) < 4.78 is 0. The largest absolute Gasteiger partial charge is 0.337 e. The van der Waals surface area contributed by atoms with E-state index in [0.29, 0.717) is 0 Å². The molecule has 2 heterocycles. The molecular formula is C9H12N2OS. The molecule has 1 amide bonds. The number of nitrogens with zero attached hydrogens (tertiary/aromatic N) is 1. The maximum absolute atomic E-state index is 11.3. The molecule has 0 saturated heterocycles. The summed E-state index contributed by atoms with van der Waals surface area (Å²) >= 11 is 1.78. The van der Waals surface area contributed by atoms with E-state index in [2.05, 4.69) is 11.4 Å². The van der Waals surface area contributed by atoms with Crippen LogP contribution in [0.15, 0.2) is 11.4 Å². The van der Waals surface area contributed by atoms with Gasteiger partial charge >= 0.3 is 0 Å². The zero-order chi connectivity index (χ0) is 9.26. The summed E-state index contributed by atoms with van der Waals surface area (Å²) in [7, 11) is 0. The number of nitrogens with two attached hydrogens (primary N) is 1. The predicted molar refractivity (Wildman–Crippen MR) is 52.5 cm³/mol. The summed E-state index contributed by atoms with van der Waals surface area (Å²) in [6.07, 6.45) is 0.985. The Morgan fingerprint density at radius 1 is 1.69 bits per heavy atom. The van der Waals surface area contributed by atoms with Crippen LogP contribution in [0.5, 0.6) is 0 Å². The van der Waals surface area contributed by atoms with E-state index in [1.165, 1.54) is 10.4 Å². The summed E-state index contributed by atoms with van der Waals surface area (Å²) in [6.45, 7) is 1.69. The predicted octanol–water partition coefficient (Wildman–Crippen LogP) is 0.591. The Labute approximate surface area is 81.2 Å². The first kappa shape index (κ1) is 8.72. The highest BCUT2D eigenvalue weighted by Gasteiger charge is 2.19.